The van der Waals surface area contributed by atoms with Gasteiger partial charge in [-0.1, -0.05) is 24.3 Å². The van der Waals surface area contributed by atoms with E-state index in [1.165, 1.54) is 5.56 Å². The average Bonchev–Trinajstić information content (AvgIpc) is 2.34. The Morgan fingerprint density at radius 3 is 2.82 bits per heavy atom. The fraction of sp³-hybridized carbons (Fsp3) is 0.462. The number of ether oxygens (including phenoxy) is 1. The highest BCUT2D eigenvalue weighted by Crippen LogP contribution is 2.05. The smallest absolute Gasteiger partial charge is 0.234 e. The molecular weight excluding hydrogens is 216 g/mol. The predicted octanol–water partition coefficient (Wildman–Crippen LogP) is 0.847. The van der Waals surface area contributed by atoms with Crippen molar-refractivity contribution in [3.8, 4) is 0 Å². The second-order valence-corrected chi connectivity index (χ2v) is 3.87. The van der Waals surface area contributed by atoms with Gasteiger partial charge in [-0.05, 0) is 18.1 Å². The second-order valence-electron chi connectivity index (χ2n) is 3.87. The lowest BCUT2D eigenvalue weighted by molar-refractivity contribution is -0.120. The molecule has 17 heavy (non-hydrogen) atoms. The van der Waals surface area contributed by atoms with E-state index >= 15 is 0 Å². The van der Waals surface area contributed by atoms with Crippen molar-refractivity contribution in [3.63, 3.8) is 0 Å². The van der Waals surface area contributed by atoms with Gasteiger partial charge in [0.25, 0.3) is 0 Å². The van der Waals surface area contributed by atoms with Crippen molar-refractivity contribution in [1.82, 2.24) is 10.6 Å². The Labute approximate surface area is 102 Å². The lowest BCUT2D eigenvalue weighted by Gasteiger charge is -2.08. The fourth-order valence-electron chi connectivity index (χ4n) is 1.44. The van der Waals surface area contributed by atoms with Crippen molar-refractivity contribution in [3.05, 3.63) is 35.4 Å². The number of nitrogens with one attached hydrogen (secondary N) is 2. The van der Waals surface area contributed by atoms with Crippen LogP contribution in [-0.4, -0.2) is 32.7 Å². The third-order valence-electron chi connectivity index (χ3n) is 2.51. The van der Waals surface area contributed by atoms with Crippen LogP contribution < -0.4 is 10.6 Å². The highest BCUT2D eigenvalue weighted by Gasteiger charge is 2.01. The van der Waals surface area contributed by atoms with E-state index in [1.807, 2.05) is 31.2 Å². The molecule has 0 unspecified atom stereocenters. The Morgan fingerprint density at radius 1 is 1.35 bits per heavy atom. The summed E-state index contributed by atoms with van der Waals surface area (Å²) in [7, 11) is 1.64. The summed E-state index contributed by atoms with van der Waals surface area (Å²) in [6.45, 7) is 4.25. The van der Waals surface area contributed by atoms with Crippen LogP contribution in [0, 0.1) is 6.92 Å². The number of rotatable bonds is 7. The molecule has 1 aromatic rings. The number of methoxy groups -OCH3 is 1. The first kappa shape index (κ1) is 13.7. The number of aryl methyl sites for hydroxylation is 1. The van der Waals surface area contributed by atoms with E-state index in [0.29, 0.717) is 26.2 Å². The van der Waals surface area contributed by atoms with Crippen molar-refractivity contribution in [2.75, 3.05) is 26.8 Å². The van der Waals surface area contributed by atoms with Crippen molar-refractivity contribution < 1.29 is 9.53 Å². The number of hydrogen-bond donors (Lipinski definition) is 2. The molecule has 0 fully saturated rings. The van der Waals surface area contributed by atoms with Crippen LogP contribution in [0.3, 0.4) is 0 Å². The van der Waals surface area contributed by atoms with Gasteiger partial charge in [0.05, 0.1) is 13.2 Å². The molecule has 1 amide bonds. The summed E-state index contributed by atoms with van der Waals surface area (Å²) in [5, 5.41) is 5.87. The predicted molar refractivity (Wildman–Crippen MR) is 67.8 cm³/mol. The lowest BCUT2D eigenvalue weighted by atomic mass is 10.1. The van der Waals surface area contributed by atoms with Gasteiger partial charge in [0.1, 0.15) is 0 Å². The van der Waals surface area contributed by atoms with Gasteiger partial charge < -0.3 is 15.4 Å². The SMILES string of the molecule is COCCNCC(=O)NCc1ccccc1C. The summed E-state index contributed by atoms with van der Waals surface area (Å²) in [5.41, 5.74) is 2.35. The summed E-state index contributed by atoms with van der Waals surface area (Å²) < 4.78 is 4.87. The Hall–Kier alpha value is -1.39. The molecule has 0 aliphatic carbocycles. The Kier molecular flexibility index (Phi) is 6.29. The van der Waals surface area contributed by atoms with Gasteiger partial charge in [0.2, 0.25) is 5.91 Å². The zero-order chi connectivity index (χ0) is 12.5. The Morgan fingerprint density at radius 2 is 2.12 bits per heavy atom. The molecule has 0 bridgehead atoms. The minimum atomic E-state index is 0.00403. The molecule has 0 saturated carbocycles. The first-order valence-corrected chi connectivity index (χ1v) is 5.75. The third kappa shape index (κ3) is 5.47. The van der Waals surface area contributed by atoms with E-state index in [4.69, 9.17) is 4.74 Å². The minimum Gasteiger partial charge on any atom is -0.383 e. The van der Waals surface area contributed by atoms with Gasteiger partial charge >= 0.3 is 0 Å². The number of hydrogen-bond acceptors (Lipinski definition) is 3. The van der Waals surface area contributed by atoms with Gasteiger partial charge in [0, 0.05) is 20.2 Å². The Bertz CT molecular complexity index is 353. The molecule has 0 aliphatic rings. The second kappa shape index (κ2) is 7.81. The molecule has 4 nitrogen and oxygen atoms in total. The van der Waals surface area contributed by atoms with Gasteiger partial charge in [-0.2, -0.15) is 0 Å². The zero-order valence-corrected chi connectivity index (χ0v) is 10.5. The van der Waals surface area contributed by atoms with Crippen molar-refractivity contribution >= 4 is 5.91 Å². The van der Waals surface area contributed by atoms with E-state index < -0.39 is 0 Å². The average molecular weight is 236 g/mol. The first-order valence-electron chi connectivity index (χ1n) is 5.75. The molecule has 0 radical (unpaired) electrons. The van der Waals surface area contributed by atoms with Crippen molar-refractivity contribution in [2.24, 2.45) is 0 Å². The normalized spacial score (nSPS) is 10.2. The molecule has 4 heteroatoms. The number of carbonyl (C=O) groups is 1. The topological polar surface area (TPSA) is 50.4 Å². The molecule has 1 rings (SSSR count). The maximum absolute atomic E-state index is 11.5. The molecule has 1 aromatic carbocycles. The third-order valence-corrected chi connectivity index (χ3v) is 2.51. The van der Waals surface area contributed by atoms with Crippen LogP contribution in [0.2, 0.25) is 0 Å². The molecular formula is C13H20N2O2. The molecule has 0 heterocycles. The van der Waals surface area contributed by atoms with E-state index in [1.54, 1.807) is 7.11 Å². The van der Waals surface area contributed by atoms with Crippen molar-refractivity contribution in [1.29, 1.82) is 0 Å². The molecule has 0 aliphatic heterocycles. The molecule has 94 valence electrons. The Balaban J connectivity index is 2.22. The number of benzene rings is 1. The summed E-state index contributed by atoms with van der Waals surface area (Å²) >= 11 is 0. The van der Waals surface area contributed by atoms with E-state index in [0.717, 1.165) is 5.56 Å². The van der Waals surface area contributed by atoms with Gasteiger partial charge in [-0.3, -0.25) is 4.79 Å². The maximum atomic E-state index is 11.5. The highest BCUT2D eigenvalue weighted by molar-refractivity contribution is 5.77. The quantitative estimate of drug-likeness (QED) is 0.690. The van der Waals surface area contributed by atoms with Crippen LogP contribution in [0.25, 0.3) is 0 Å². The monoisotopic (exact) mass is 236 g/mol. The van der Waals surface area contributed by atoms with Gasteiger partial charge in [-0.25, -0.2) is 0 Å². The summed E-state index contributed by atoms with van der Waals surface area (Å²) in [6, 6.07) is 8.03. The van der Waals surface area contributed by atoms with Gasteiger partial charge in [-0.15, -0.1) is 0 Å². The van der Waals surface area contributed by atoms with Crippen LogP contribution >= 0.6 is 0 Å². The molecule has 0 spiro atoms. The molecule has 2 N–H and O–H groups in total. The summed E-state index contributed by atoms with van der Waals surface area (Å²) in [6.07, 6.45) is 0. The van der Waals surface area contributed by atoms with E-state index in [2.05, 4.69) is 10.6 Å². The lowest BCUT2D eigenvalue weighted by Crippen LogP contribution is -2.34. The summed E-state index contributed by atoms with van der Waals surface area (Å²) in [4.78, 5) is 11.5. The van der Waals surface area contributed by atoms with Gasteiger partial charge in [0.15, 0.2) is 0 Å². The standard InChI is InChI=1S/C13H20N2O2/c1-11-5-3-4-6-12(11)9-15-13(16)10-14-7-8-17-2/h3-6,14H,7-10H2,1-2H3,(H,15,16). The minimum absolute atomic E-state index is 0.00403. The first-order chi connectivity index (χ1) is 8.24. The maximum Gasteiger partial charge on any atom is 0.234 e. The van der Waals surface area contributed by atoms with Crippen molar-refractivity contribution in [2.45, 2.75) is 13.5 Å². The summed E-state index contributed by atoms with van der Waals surface area (Å²) in [5.74, 6) is 0.00403. The fourth-order valence-corrected chi connectivity index (χ4v) is 1.44. The molecule has 0 atom stereocenters. The van der Waals surface area contributed by atoms with Crippen LogP contribution in [-0.2, 0) is 16.1 Å². The van der Waals surface area contributed by atoms with Crippen LogP contribution in [0.1, 0.15) is 11.1 Å². The largest absolute Gasteiger partial charge is 0.383 e. The number of carbonyl (C=O) groups excluding carboxylic acids is 1. The zero-order valence-electron chi connectivity index (χ0n) is 10.5. The van der Waals surface area contributed by atoms with Crippen LogP contribution in [0.5, 0.6) is 0 Å². The van der Waals surface area contributed by atoms with E-state index in [9.17, 15) is 4.79 Å². The van der Waals surface area contributed by atoms with E-state index in [-0.39, 0.29) is 5.91 Å². The highest BCUT2D eigenvalue weighted by atomic mass is 16.5. The van der Waals surface area contributed by atoms with Crippen LogP contribution in [0.15, 0.2) is 24.3 Å². The molecule has 0 aromatic heterocycles. The van der Waals surface area contributed by atoms with Crippen LogP contribution in [0.4, 0.5) is 0 Å². The molecule has 0 saturated heterocycles. The number of amides is 1.